The molecule has 4 heterocycles. The maximum atomic E-state index is 13.9. The average molecular weight is 928 g/mol. The van der Waals surface area contributed by atoms with Gasteiger partial charge in [-0.05, 0) is 35.5 Å². The Kier molecular flexibility index (Phi) is 11.0. The third-order valence-electron chi connectivity index (χ3n) is 10.7. The molecule has 4 aromatic carbocycles. The second kappa shape index (κ2) is 16.8. The molecule has 18 heteroatoms. The van der Waals surface area contributed by atoms with Gasteiger partial charge in [-0.25, -0.2) is 4.79 Å². The second-order valence-electron chi connectivity index (χ2n) is 14.6. The number of rotatable bonds is 11. The number of fused-ring (bicyclic) bond motifs is 2. The van der Waals surface area contributed by atoms with Gasteiger partial charge in [-0.1, -0.05) is 96.0 Å². The van der Waals surface area contributed by atoms with Crippen molar-refractivity contribution in [1.29, 1.82) is 0 Å². The van der Waals surface area contributed by atoms with Crippen LogP contribution in [-0.2, 0) is 30.3 Å². The van der Waals surface area contributed by atoms with Crippen molar-refractivity contribution < 1.29 is 41.3 Å². The molecule has 2 aromatic heterocycles. The van der Waals surface area contributed by atoms with Crippen molar-refractivity contribution in [1.82, 2.24) is 15.0 Å². The highest BCUT2D eigenvalue weighted by Gasteiger charge is 2.41. The summed E-state index contributed by atoms with van der Waals surface area (Å²) in [5.41, 5.74) is -1.83. The molecule has 1 N–H and O–H groups in total. The Morgan fingerprint density at radius 3 is 1.91 bits per heavy atom. The van der Waals surface area contributed by atoms with Crippen molar-refractivity contribution in [2.75, 3.05) is 0 Å². The Morgan fingerprint density at radius 1 is 0.754 bits per heavy atom. The predicted molar refractivity (Wildman–Crippen MR) is 237 cm³/mol. The van der Waals surface area contributed by atoms with E-state index in [1.807, 2.05) is 0 Å². The van der Waals surface area contributed by atoms with E-state index in [-0.39, 0.29) is 62.6 Å². The normalized spacial score (nSPS) is 13.1. The number of hydroxylamine groups is 2. The van der Waals surface area contributed by atoms with Gasteiger partial charge in [-0.15, -0.1) is 9.97 Å². The lowest BCUT2D eigenvalue weighted by atomic mass is 9.89. The lowest BCUT2D eigenvalue weighted by Gasteiger charge is -2.30. The van der Waals surface area contributed by atoms with Gasteiger partial charge in [0.1, 0.15) is 22.0 Å². The molecule has 0 saturated carbocycles. The Bertz CT molecular complexity index is 3320. The number of ether oxygens (including phenoxy) is 1. The molecule has 0 spiro atoms. The van der Waals surface area contributed by atoms with Crippen molar-refractivity contribution >= 4 is 62.1 Å². The van der Waals surface area contributed by atoms with Gasteiger partial charge in [0, 0.05) is 105 Å². The number of hydrogen-bond acceptors (Lipinski definition) is 13. The molecule has 2 amide bonds. The van der Waals surface area contributed by atoms with E-state index >= 15 is 0 Å². The van der Waals surface area contributed by atoms with E-state index in [1.54, 1.807) is 91.0 Å². The van der Waals surface area contributed by atoms with E-state index in [4.69, 9.17) is 37.2 Å². The molecule has 1 saturated heterocycles. The highest BCUT2D eigenvalue weighted by atomic mass is 35.5. The van der Waals surface area contributed by atoms with Gasteiger partial charge in [0.15, 0.2) is 5.43 Å². The summed E-state index contributed by atoms with van der Waals surface area (Å²) in [7, 11) is -5.46. The van der Waals surface area contributed by atoms with Crippen LogP contribution in [-0.4, -0.2) is 45.8 Å². The largest absolute Gasteiger partial charge is 0.456 e. The van der Waals surface area contributed by atoms with Crippen LogP contribution in [0.4, 0.5) is 0 Å². The number of imide groups is 1. The Morgan fingerprint density at radius 2 is 1.35 bits per heavy atom. The standard InChI is InChI=1S/C47H28Cl2N4O11S/c48-35-21-34(46(57)64-53-40(55)15-16-41(53)56)44(49)45(65(59,60)61)43(35)42-32-19-30(26-9-7-17-50-24-26)36(54)22-37(32)62-38-23-39(31(20-33(38)42)27-10-8-18-51-25-27)63-47(52-58,28-11-3-1-4-12-28)29-13-5-2-6-14-29/h1-14,17-25H,15-16H2,(H,59,60,61). The average Bonchev–Trinajstić information content (AvgIpc) is 3.63. The van der Waals surface area contributed by atoms with E-state index < -0.39 is 65.1 Å². The van der Waals surface area contributed by atoms with E-state index in [9.17, 15) is 37.1 Å². The summed E-state index contributed by atoms with van der Waals surface area (Å²) in [4.78, 5) is 77.8. The van der Waals surface area contributed by atoms with Crippen LogP contribution in [0, 0.1) is 4.91 Å². The highest BCUT2D eigenvalue weighted by molar-refractivity contribution is 7.86. The van der Waals surface area contributed by atoms with E-state index in [0.717, 1.165) is 6.07 Å². The fourth-order valence-electron chi connectivity index (χ4n) is 7.71. The van der Waals surface area contributed by atoms with Gasteiger partial charge in [0.2, 0.25) is 0 Å². The third kappa shape index (κ3) is 7.67. The molecule has 0 unspecified atom stereocenters. The molecular formula is C47H28Cl2N4O11S. The van der Waals surface area contributed by atoms with Crippen LogP contribution in [0.15, 0.2) is 159 Å². The molecule has 0 atom stereocenters. The van der Waals surface area contributed by atoms with E-state index in [1.165, 1.54) is 43.0 Å². The summed E-state index contributed by atoms with van der Waals surface area (Å²) >= 11 is 13.8. The topological polar surface area (TPSA) is 213 Å². The minimum atomic E-state index is -5.46. The number of nitroso groups, excluding NO2 is 1. The number of nitrogens with zero attached hydrogens (tertiary/aromatic N) is 4. The summed E-state index contributed by atoms with van der Waals surface area (Å²) in [6.07, 6.45) is 5.53. The van der Waals surface area contributed by atoms with Gasteiger partial charge >= 0.3 is 5.97 Å². The van der Waals surface area contributed by atoms with Gasteiger partial charge in [-0.2, -0.15) is 8.42 Å². The highest BCUT2D eigenvalue weighted by Crippen LogP contribution is 2.51. The first kappa shape index (κ1) is 42.7. The SMILES string of the molecule is O=NC(Oc1cc2oc3cc(=O)c(-c4cccnc4)cc-3c(-c3c(Cl)cc(C(=O)ON4C(=O)CCC4=O)c(Cl)c3S(=O)(=O)O)c2cc1-c1cccnc1)(c1ccccc1)c1ccccc1. The third-order valence-corrected chi connectivity index (χ3v) is 12.4. The van der Waals surface area contributed by atoms with Crippen LogP contribution in [0.25, 0.3) is 55.7 Å². The van der Waals surface area contributed by atoms with Crippen LogP contribution >= 0.6 is 23.2 Å². The molecule has 0 bridgehead atoms. The second-order valence-corrected chi connectivity index (χ2v) is 16.7. The zero-order valence-corrected chi connectivity index (χ0v) is 35.5. The number of benzene rings is 5. The zero-order chi connectivity index (χ0) is 45.6. The lowest BCUT2D eigenvalue weighted by Crippen LogP contribution is -2.32. The molecule has 1 fully saturated rings. The number of carbonyl (C=O) groups excluding carboxylic acids is 3. The number of carbonyl (C=O) groups is 3. The number of aromatic nitrogens is 2. The van der Waals surface area contributed by atoms with Crippen LogP contribution in [0.5, 0.6) is 5.75 Å². The van der Waals surface area contributed by atoms with Crippen LogP contribution < -0.4 is 10.2 Å². The van der Waals surface area contributed by atoms with Gasteiger partial charge in [0.05, 0.1) is 15.6 Å². The van der Waals surface area contributed by atoms with Crippen molar-refractivity contribution in [3.8, 4) is 50.5 Å². The summed E-state index contributed by atoms with van der Waals surface area (Å²) < 4.78 is 51.5. The minimum absolute atomic E-state index is 0.0180. The smallest absolute Gasteiger partial charge is 0.365 e. The molecule has 0 radical (unpaired) electrons. The molecule has 3 aliphatic rings. The summed E-state index contributed by atoms with van der Waals surface area (Å²) in [6.45, 7) is 0. The number of pyridine rings is 2. The van der Waals surface area contributed by atoms with Gasteiger partial charge in [0.25, 0.3) is 27.7 Å². The Labute approximate surface area is 377 Å². The summed E-state index contributed by atoms with van der Waals surface area (Å²) in [5, 5.41) is 2.54. The maximum Gasteiger partial charge on any atom is 0.365 e. The monoisotopic (exact) mass is 926 g/mol. The maximum absolute atomic E-state index is 13.9. The fraction of sp³-hybridized carbons (Fsp3) is 0.0638. The van der Waals surface area contributed by atoms with E-state index in [0.29, 0.717) is 22.3 Å². The van der Waals surface area contributed by atoms with Crippen molar-refractivity contribution in [3.05, 3.63) is 182 Å². The number of halogens is 2. The Balaban J connectivity index is 1.39. The summed E-state index contributed by atoms with van der Waals surface area (Å²) in [6, 6.07) is 30.2. The first-order chi connectivity index (χ1) is 31.3. The van der Waals surface area contributed by atoms with E-state index in [2.05, 4.69) is 15.1 Å². The fourth-order valence-corrected chi connectivity index (χ4v) is 9.39. The predicted octanol–water partition coefficient (Wildman–Crippen LogP) is 9.51. The lowest BCUT2D eigenvalue weighted by molar-refractivity contribution is -0.172. The number of amides is 2. The molecular weight excluding hydrogens is 900 g/mol. The van der Waals surface area contributed by atoms with Crippen molar-refractivity contribution in [2.24, 2.45) is 5.18 Å². The molecule has 322 valence electrons. The summed E-state index contributed by atoms with van der Waals surface area (Å²) in [5.74, 6) is -3.18. The first-order valence-electron chi connectivity index (χ1n) is 19.4. The zero-order valence-electron chi connectivity index (χ0n) is 33.2. The quantitative estimate of drug-likeness (QED) is 0.0555. The van der Waals surface area contributed by atoms with Crippen LogP contribution in [0.3, 0.4) is 0 Å². The van der Waals surface area contributed by atoms with Crippen LogP contribution in [0.2, 0.25) is 10.0 Å². The van der Waals surface area contributed by atoms with Gasteiger partial charge in [-0.3, -0.25) is 28.9 Å². The van der Waals surface area contributed by atoms with Crippen molar-refractivity contribution in [3.63, 3.8) is 0 Å². The molecule has 15 nitrogen and oxygen atoms in total. The molecule has 9 rings (SSSR count). The van der Waals surface area contributed by atoms with Crippen LogP contribution in [0.1, 0.15) is 34.3 Å². The molecule has 1 aliphatic carbocycles. The number of hydrogen-bond donors (Lipinski definition) is 1. The minimum Gasteiger partial charge on any atom is -0.456 e. The first-order valence-corrected chi connectivity index (χ1v) is 21.6. The molecule has 65 heavy (non-hydrogen) atoms. The molecule has 6 aromatic rings. The Hall–Kier alpha value is -7.63. The van der Waals surface area contributed by atoms with Gasteiger partial charge < -0.3 is 14.0 Å². The molecule has 2 aliphatic heterocycles. The van der Waals surface area contributed by atoms with Crippen molar-refractivity contribution in [2.45, 2.75) is 23.5 Å².